The largest absolute Gasteiger partial charge is 0.326 e. The van der Waals surface area contributed by atoms with E-state index in [2.05, 4.69) is 5.32 Å². The van der Waals surface area contributed by atoms with Crippen LogP contribution in [0.15, 0.2) is 65.6 Å². The van der Waals surface area contributed by atoms with Gasteiger partial charge in [-0.2, -0.15) is 0 Å². The van der Waals surface area contributed by atoms with Gasteiger partial charge in [-0.25, -0.2) is 8.42 Å². The molecule has 0 radical (unpaired) electrons. The highest BCUT2D eigenvalue weighted by atomic mass is 35.5. The van der Waals surface area contributed by atoms with E-state index >= 15 is 0 Å². The van der Waals surface area contributed by atoms with Crippen LogP contribution in [-0.4, -0.2) is 20.1 Å². The fraction of sp³-hybridized carbons (Fsp3) is 0.136. The fourth-order valence-corrected chi connectivity index (χ4v) is 4.74. The molecule has 0 bridgehead atoms. The van der Waals surface area contributed by atoms with E-state index in [0.717, 1.165) is 0 Å². The molecule has 0 spiro atoms. The zero-order valence-electron chi connectivity index (χ0n) is 16.0. The Morgan fingerprint density at radius 3 is 2.07 bits per heavy atom. The topological polar surface area (TPSA) is 63.2 Å². The number of amides is 1. The van der Waals surface area contributed by atoms with Crippen molar-refractivity contribution in [3.63, 3.8) is 0 Å². The molecule has 0 aliphatic heterocycles. The molecule has 0 saturated carbocycles. The molecule has 0 unspecified atom stereocenters. The zero-order chi connectivity index (χ0) is 21.9. The number of hydrogen-bond donors (Lipinski definition) is 1. The summed E-state index contributed by atoms with van der Waals surface area (Å²) in [4.78, 5) is 12.7. The van der Waals surface area contributed by atoms with Gasteiger partial charge in [0.05, 0.1) is 27.1 Å². The van der Waals surface area contributed by atoms with Crippen LogP contribution >= 0.6 is 34.8 Å². The lowest BCUT2D eigenvalue weighted by Gasteiger charge is -2.13. The van der Waals surface area contributed by atoms with E-state index in [-0.39, 0.29) is 23.0 Å². The lowest BCUT2D eigenvalue weighted by Crippen LogP contribution is -2.14. The molecule has 3 rings (SSSR count). The molecule has 0 aromatic heterocycles. The van der Waals surface area contributed by atoms with Crippen molar-refractivity contribution in [3.05, 3.63) is 81.3 Å². The van der Waals surface area contributed by atoms with Crippen LogP contribution in [0, 0.1) is 0 Å². The van der Waals surface area contributed by atoms with Gasteiger partial charge in [-0.15, -0.1) is 0 Å². The maximum Gasteiger partial charge on any atom is 0.228 e. The van der Waals surface area contributed by atoms with Crippen molar-refractivity contribution in [2.75, 3.05) is 11.1 Å². The Balaban J connectivity index is 1.75. The molecule has 0 heterocycles. The van der Waals surface area contributed by atoms with Gasteiger partial charge < -0.3 is 5.32 Å². The lowest BCUT2D eigenvalue weighted by molar-refractivity contribution is -0.115. The van der Waals surface area contributed by atoms with Crippen LogP contribution in [0.25, 0.3) is 11.1 Å². The van der Waals surface area contributed by atoms with Crippen LogP contribution in [0.1, 0.15) is 12.5 Å². The number of halogens is 3. The molecule has 0 fully saturated rings. The average molecular weight is 483 g/mol. The molecule has 1 N–H and O–H groups in total. The highest BCUT2D eigenvalue weighted by molar-refractivity contribution is 7.91. The van der Waals surface area contributed by atoms with Gasteiger partial charge in [0.2, 0.25) is 5.91 Å². The summed E-state index contributed by atoms with van der Waals surface area (Å²) in [6.45, 7) is 1.59. The Hall–Kier alpha value is -2.05. The second-order valence-corrected chi connectivity index (χ2v) is 10.1. The van der Waals surface area contributed by atoms with E-state index in [1.54, 1.807) is 37.3 Å². The summed E-state index contributed by atoms with van der Waals surface area (Å²) in [5, 5.41) is 4.00. The van der Waals surface area contributed by atoms with E-state index < -0.39 is 9.84 Å². The molecule has 4 nitrogen and oxygen atoms in total. The number of nitrogens with one attached hydrogen (secondary N) is 1. The molecule has 156 valence electrons. The van der Waals surface area contributed by atoms with E-state index in [1.165, 1.54) is 12.1 Å². The van der Waals surface area contributed by atoms with Crippen molar-refractivity contribution in [2.24, 2.45) is 0 Å². The van der Waals surface area contributed by atoms with Crippen LogP contribution in [0.4, 0.5) is 5.69 Å². The van der Waals surface area contributed by atoms with E-state index in [4.69, 9.17) is 34.8 Å². The van der Waals surface area contributed by atoms with Crippen LogP contribution in [0.3, 0.4) is 0 Å². The van der Waals surface area contributed by atoms with Crippen molar-refractivity contribution in [2.45, 2.75) is 18.2 Å². The quantitative estimate of drug-likeness (QED) is 0.449. The van der Waals surface area contributed by atoms with E-state index in [1.807, 2.05) is 18.2 Å². The highest BCUT2D eigenvalue weighted by Gasteiger charge is 2.15. The number of rotatable bonds is 6. The second-order valence-electron chi connectivity index (χ2n) is 6.57. The number of sulfone groups is 1. The average Bonchev–Trinajstić information content (AvgIpc) is 2.69. The minimum absolute atomic E-state index is 0.0263. The van der Waals surface area contributed by atoms with Gasteiger partial charge in [0.15, 0.2) is 9.84 Å². The van der Waals surface area contributed by atoms with Gasteiger partial charge in [-0.3, -0.25) is 4.79 Å². The van der Waals surface area contributed by atoms with Crippen LogP contribution in [0.2, 0.25) is 15.1 Å². The highest BCUT2D eigenvalue weighted by Crippen LogP contribution is 2.40. The molecule has 1 amide bonds. The first-order valence-corrected chi connectivity index (χ1v) is 11.9. The SMILES string of the molecule is CCS(=O)(=O)c1ccc(CC(=O)Nc2cc(Cl)c(-c3ccccc3Cl)c(Cl)c2)cc1. The molecule has 3 aromatic rings. The van der Waals surface area contributed by atoms with Crippen LogP contribution < -0.4 is 5.32 Å². The molecule has 30 heavy (non-hydrogen) atoms. The molecule has 0 aliphatic rings. The van der Waals surface area contributed by atoms with Crippen LogP contribution in [-0.2, 0) is 21.1 Å². The fourth-order valence-electron chi connectivity index (χ4n) is 2.94. The van der Waals surface area contributed by atoms with Crippen molar-refractivity contribution in [1.29, 1.82) is 0 Å². The smallest absolute Gasteiger partial charge is 0.228 e. The number of anilines is 1. The Kier molecular flexibility index (Phi) is 7.09. The molecular weight excluding hydrogens is 465 g/mol. The molecule has 0 saturated heterocycles. The van der Waals surface area contributed by atoms with E-state index in [0.29, 0.717) is 37.4 Å². The first-order chi connectivity index (χ1) is 14.2. The third-order valence-electron chi connectivity index (χ3n) is 4.50. The minimum atomic E-state index is -3.27. The Morgan fingerprint density at radius 2 is 1.50 bits per heavy atom. The zero-order valence-corrected chi connectivity index (χ0v) is 19.0. The molecule has 0 aliphatic carbocycles. The van der Waals surface area contributed by atoms with Crippen molar-refractivity contribution < 1.29 is 13.2 Å². The Morgan fingerprint density at radius 1 is 0.900 bits per heavy atom. The number of carbonyl (C=O) groups is 1. The second kappa shape index (κ2) is 9.40. The summed E-state index contributed by atoms with van der Waals surface area (Å²) < 4.78 is 23.8. The summed E-state index contributed by atoms with van der Waals surface area (Å²) in [6, 6.07) is 16.7. The third-order valence-corrected chi connectivity index (χ3v) is 7.17. The third kappa shape index (κ3) is 5.16. The first kappa shape index (κ1) is 22.6. The number of hydrogen-bond acceptors (Lipinski definition) is 3. The van der Waals surface area contributed by atoms with E-state index in [9.17, 15) is 13.2 Å². The Labute approximate surface area is 190 Å². The maximum atomic E-state index is 12.4. The maximum absolute atomic E-state index is 12.4. The monoisotopic (exact) mass is 481 g/mol. The summed E-state index contributed by atoms with van der Waals surface area (Å²) in [6.07, 6.45) is 0.0773. The van der Waals surface area contributed by atoms with Gasteiger partial charge in [0.1, 0.15) is 0 Å². The predicted molar refractivity (Wildman–Crippen MR) is 123 cm³/mol. The minimum Gasteiger partial charge on any atom is -0.326 e. The molecular formula is C22H18Cl3NO3S. The first-order valence-electron chi connectivity index (χ1n) is 9.06. The van der Waals surface area contributed by atoms with Crippen molar-refractivity contribution in [3.8, 4) is 11.1 Å². The van der Waals surface area contributed by atoms with Crippen molar-refractivity contribution >= 4 is 56.2 Å². The standard InChI is InChI=1S/C22H18Cl3NO3S/c1-2-30(28,29)16-9-7-14(8-10-16)11-21(27)26-15-12-19(24)22(20(25)13-15)17-5-3-4-6-18(17)23/h3-10,12-13H,2,11H2,1H3,(H,26,27). The van der Waals surface area contributed by atoms with Gasteiger partial charge in [-0.1, -0.05) is 72.1 Å². The Bertz CT molecular complexity index is 1170. The molecule has 3 aromatic carbocycles. The van der Waals surface area contributed by atoms with Gasteiger partial charge >= 0.3 is 0 Å². The molecule has 8 heteroatoms. The number of carbonyl (C=O) groups excluding carboxylic acids is 1. The van der Waals surface area contributed by atoms with Gasteiger partial charge in [0, 0.05) is 21.8 Å². The van der Waals surface area contributed by atoms with Gasteiger partial charge in [0.25, 0.3) is 0 Å². The lowest BCUT2D eigenvalue weighted by atomic mass is 10.0. The van der Waals surface area contributed by atoms with Gasteiger partial charge in [-0.05, 0) is 35.9 Å². The summed E-state index contributed by atoms with van der Waals surface area (Å²) in [5.74, 6) is -0.253. The summed E-state index contributed by atoms with van der Waals surface area (Å²) >= 11 is 19.1. The van der Waals surface area contributed by atoms with Crippen molar-refractivity contribution in [1.82, 2.24) is 0 Å². The van der Waals surface area contributed by atoms with Crippen LogP contribution in [0.5, 0.6) is 0 Å². The normalized spacial score (nSPS) is 11.3. The summed E-state index contributed by atoms with van der Waals surface area (Å²) in [5.41, 5.74) is 2.44. The molecule has 0 atom stereocenters. The predicted octanol–water partition coefficient (Wildman–Crippen LogP) is 6.29. The summed E-state index contributed by atoms with van der Waals surface area (Å²) in [7, 11) is -3.27. The number of benzene rings is 3.